The molecular formula is C15H16ClNO2. The van der Waals surface area contributed by atoms with Crippen molar-refractivity contribution in [1.29, 1.82) is 0 Å². The minimum Gasteiger partial charge on any atom is -0.465 e. The van der Waals surface area contributed by atoms with Crippen molar-refractivity contribution in [3.8, 4) is 0 Å². The van der Waals surface area contributed by atoms with E-state index >= 15 is 0 Å². The van der Waals surface area contributed by atoms with Gasteiger partial charge >= 0.3 is 0 Å². The van der Waals surface area contributed by atoms with Crippen LogP contribution in [-0.4, -0.2) is 24.3 Å². The third kappa shape index (κ3) is 3.94. The van der Waals surface area contributed by atoms with Crippen molar-refractivity contribution in [3.05, 3.63) is 58.5 Å². The van der Waals surface area contributed by atoms with E-state index in [4.69, 9.17) is 16.0 Å². The Morgan fingerprint density at radius 1 is 1.21 bits per heavy atom. The van der Waals surface area contributed by atoms with Gasteiger partial charge in [-0.25, -0.2) is 0 Å². The fourth-order valence-corrected chi connectivity index (χ4v) is 1.99. The predicted molar refractivity (Wildman–Crippen MR) is 75.6 cm³/mol. The number of carbonyl (C=O) groups excluding carboxylic acids is 1. The van der Waals surface area contributed by atoms with E-state index in [-0.39, 0.29) is 5.78 Å². The Balaban J connectivity index is 1.93. The van der Waals surface area contributed by atoms with Crippen LogP contribution in [0.2, 0.25) is 5.02 Å². The van der Waals surface area contributed by atoms with Crippen LogP contribution in [-0.2, 0) is 6.54 Å². The molecule has 0 unspecified atom stereocenters. The minimum absolute atomic E-state index is 0.0717. The lowest BCUT2D eigenvalue weighted by atomic mass is 10.1. The molecular weight excluding hydrogens is 262 g/mol. The van der Waals surface area contributed by atoms with E-state index in [1.165, 1.54) is 0 Å². The number of halogens is 1. The molecule has 0 aliphatic carbocycles. The molecule has 19 heavy (non-hydrogen) atoms. The van der Waals surface area contributed by atoms with E-state index in [0.717, 1.165) is 11.5 Å². The molecule has 0 bridgehead atoms. The number of aryl methyl sites for hydroxylation is 1. The Morgan fingerprint density at radius 3 is 2.47 bits per heavy atom. The van der Waals surface area contributed by atoms with Gasteiger partial charge in [-0.15, -0.1) is 0 Å². The SMILES string of the molecule is Cc1ccc(CN(C)CC(=O)c2ccc(Cl)cc2)o1. The highest BCUT2D eigenvalue weighted by Crippen LogP contribution is 2.12. The maximum atomic E-state index is 12.0. The van der Waals surface area contributed by atoms with Crippen LogP contribution in [0, 0.1) is 6.92 Å². The number of ketones is 1. The first-order valence-electron chi connectivity index (χ1n) is 6.07. The van der Waals surface area contributed by atoms with Gasteiger partial charge in [0, 0.05) is 10.6 Å². The van der Waals surface area contributed by atoms with Crippen molar-refractivity contribution in [2.24, 2.45) is 0 Å². The second-order valence-electron chi connectivity index (χ2n) is 4.61. The molecule has 0 fully saturated rings. The molecule has 0 saturated carbocycles. The second kappa shape index (κ2) is 6.04. The Kier molecular flexibility index (Phi) is 4.40. The first kappa shape index (κ1) is 13.8. The maximum Gasteiger partial charge on any atom is 0.176 e. The number of Topliss-reactive ketones (excluding diaryl/α,β-unsaturated/α-hetero) is 1. The molecule has 100 valence electrons. The van der Waals surface area contributed by atoms with E-state index < -0.39 is 0 Å². The minimum atomic E-state index is 0.0717. The quantitative estimate of drug-likeness (QED) is 0.784. The van der Waals surface area contributed by atoms with E-state index in [0.29, 0.717) is 23.7 Å². The Bertz CT molecular complexity index is 560. The third-order valence-electron chi connectivity index (χ3n) is 2.80. The molecule has 0 N–H and O–H groups in total. The van der Waals surface area contributed by atoms with Crippen molar-refractivity contribution in [3.63, 3.8) is 0 Å². The molecule has 0 aliphatic heterocycles. The summed E-state index contributed by atoms with van der Waals surface area (Å²) in [7, 11) is 1.89. The predicted octanol–water partition coefficient (Wildman–Crippen LogP) is 3.56. The van der Waals surface area contributed by atoms with E-state index in [1.54, 1.807) is 24.3 Å². The average Bonchev–Trinajstić information content (AvgIpc) is 2.75. The molecule has 2 aromatic rings. The summed E-state index contributed by atoms with van der Waals surface area (Å²) in [6.07, 6.45) is 0. The monoisotopic (exact) mass is 277 g/mol. The number of carbonyl (C=O) groups is 1. The lowest BCUT2D eigenvalue weighted by Crippen LogP contribution is -2.25. The number of nitrogens with zero attached hydrogens (tertiary/aromatic N) is 1. The smallest absolute Gasteiger partial charge is 0.176 e. The fourth-order valence-electron chi connectivity index (χ4n) is 1.86. The summed E-state index contributed by atoms with van der Waals surface area (Å²) in [6, 6.07) is 10.8. The normalized spacial score (nSPS) is 10.9. The lowest BCUT2D eigenvalue weighted by Gasteiger charge is -2.14. The van der Waals surface area contributed by atoms with Gasteiger partial charge in [-0.3, -0.25) is 9.69 Å². The number of hydrogen-bond donors (Lipinski definition) is 0. The van der Waals surface area contributed by atoms with Crippen LogP contribution < -0.4 is 0 Å². The molecule has 0 saturated heterocycles. The number of hydrogen-bond acceptors (Lipinski definition) is 3. The zero-order valence-electron chi connectivity index (χ0n) is 11.0. The van der Waals surface area contributed by atoms with Gasteiger partial charge in [0.25, 0.3) is 0 Å². The zero-order chi connectivity index (χ0) is 13.8. The summed E-state index contributed by atoms with van der Waals surface area (Å²) in [5, 5.41) is 0.635. The van der Waals surface area contributed by atoms with Crippen LogP contribution in [0.25, 0.3) is 0 Å². The number of furan rings is 1. The Labute approximate surface area is 117 Å². The third-order valence-corrected chi connectivity index (χ3v) is 3.05. The molecule has 1 aromatic heterocycles. The molecule has 0 aliphatic rings. The van der Waals surface area contributed by atoms with Crippen molar-refractivity contribution < 1.29 is 9.21 Å². The van der Waals surface area contributed by atoms with E-state index in [2.05, 4.69) is 0 Å². The fraction of sp³-hybridized carbons (Fsp3) is 0.267. The van der Waals surface area contributed by atoms with E-state index in [1.807, 2.05) is 31.0 Å². The van der Waals surface area contributed by atoms with Crippen molar-refractivity contribution in [1.82, 2.24) is 4.90 Å². The van der Waals surface area contributed by atoms with Crippen molar-refractivity contribution in [2.75, 3.05) is 13.6 Å². The highest BCUT2D eigenvalue weighted by molar-refractivity contribution is 6.30. The van der Waals surface area contributed by atoms with Gasteiger partial charge in [-0.1, -0.05) is 11.6 Å². The van der Waals surface area contributed by atoms with E-state index in [9.17, 15) is 4.79 Å². The zero-order valence-corrected chi connectivity index (χ0v) is 11.8. The lowest BCUT2D eigenvalue weighted by molar-refractivity contribution is 0.0939. The van der Waals surface area contributed by atoms with Gasteiger partial charge in [0.2, 0.25) is 0 Å². The van der Waals surface area contributed by atoms with Gasteiger partial charge < -0.3 is 4.42 Å². The molecule has 2 rings (SSSR count). The van der Waals surface area contributed by atoms with Crippen LogP contribution in [0.1, 0.15) is 21.9 Å². The van der Waals surface area contributed by atoms with Gasteiger partial charge in [-0.2, -0.15) is 0 Å². The summed E-state index contributed by atoms with van der Waals surface area (Å²) in [5.74, 6) is 1.82. The number of likely N-dealkylation sites (N-methyl/N-ethyl adjacent to an activating group) is 1. The van der Waals surface area contributed by atoms with Gasteiger partial charge in [-0.05, 0) is 50.4 Å². The molecule has 1 aromatic carbocycles. The average molecular weight is 278 g/mol. The molecule has 0 amide bonds. The molecule has 0 radical (unpaired) electrons. The van der Waals surface area contributed by atoms with Gasteiger partial charge in [0.05, 0.1) is 13.1 Å². The Hall–Kier alpha value is -1.58. The Morgan fingerprint density at radius 2 is 1.89 bits per heavy atom. The summed E-state index contributed by atoms with van der Waals surface area (Å²) in [5.41, 5.74) is 0.673. The summed E-state index contributed by atoms with van der Waals surface area (Å²) >= 11 is 5.80. The van der Waals surface area contributed by atoms with Crippen LogP contribution in [0.3, 0.4) is 0 Å². The first-order chi connectivity index (χ1) is 9.04. The van der Waals surface area contributed by atoms with Gasteiger partial charge in [0.1, 0.15) is 11.5 Å². The molecule has 4 heteroatoms. The summed E-state index contributed by atoms with van der Waals surface area (Å²) < 4.78 is 5.49. The van der Waals surface area contributed by atoms with Crippen LogP contribution in [0.5, 0.6) is 0 Å². The molecule has 1 heterocycles. The first-order valence-corrected chi connectivity index (χ1v) is 6.45. The number of benzene rings is 1. The maximum absolute atomic E-state index is 12.0. The highest BCUT2D eigenvalue weighted by Gasteiger charge is 2.11. The number of rotatable bonds is 5. The van der Waals surface area contributed by atoms with Crippen molar-refractivity contribution >= 4 is 17.4 Å². The second-order valence-corrected chi connectivity index (χ2v) is 5.05. The molecule has 3 nitrogen and oxygen atoms in total. The largest absolute Gasteiger partial charge is 0.465 e. The highest BCUT2D eigenvalue weighted by atomic mass is 35.5. The van der Waals surface area contributed by atoms with Crippen LogP contribution in [0.4, 0.5) is 0 Å². The van der Waals surface area contributed by atoms with Crippen LogP contribution in [0.15, 0.2) is 40.8 Å². The molecule has 0 atom stereocenters. The topological polar surface area (TPSA) is 33.5 Å². The summed E-state index contributed by atoms with van der Waals surface area (Å²) in [6.45, 7) is 2.87. The summed E-state index contributed by atoms with van der Waals surface area (Å²) in [4.78, 5) is 14.0. The molecule has 0 spiro atoms. The van der Waals surface area contributed by atoms with Gasteiger partial charge in [0.15, 0.2) is 5.78 Å². The standard InChI is InChI=1S/C15H16ClNO2/c1-11-3-8-14(19-11)9-17(2)10-15(18)12-4-6-13(16)7-5-12/h3-8H,9-10H2,1-2H3. The van der Waals surface area contributed by atoms with Crippen molar-refractivity contribution in [2.45, 2.75) is 13.5 Å². The van der Waals surface area contributed by atoms with Crippen LogP contribution >= 0.6 is 11.6 Å².